The summed E-state index contributed by atoms with van der Waals surface area (Å²) in [5, 5.41) is 24.8. The first-order valence-corrected chi connectivity index (χ1v) is 13.3. The van der Waals surface area contributed by atoms with Gasteiger partial charge in [-0.2, -0.15) is 5.10 Å². The van der Waals surface area contributed by atoms with Gasteiger partial charge in [0.15, 0.2) is 0 Å². The van der Waals surface area contributed by atoms with Gasteiger partial charge in [0.05, 0.1) is 5.60 Å². The van der Waals surface area contributed by atoms with Crippen molar-refractivity contribution in [3.8, 4) is 0 Å². The highest BCUT2D eigenvalue weighted by Crippen LogP contribution is 2.68. The average molecular weight is 475 g/mol. The van der Waals surface area contributed by atoms with Crippen LogP contribution < -0.4 is 11.5 Å². The van der Waals surface area contributed by atoms with Crippen molar-refractivity contribution in [1.82, 2.24) is 4.90 Å². The zero-order valence-electron chi connectivity index (χ0n) is 21.7. The Morgan fingerprint density at radius 1 is 1.12 bits per heavy atom. The van der Waals surface area contributed by atoms with Gasteiger partial charge in [-0.3, -0.25) is 0 Å². The molecule has 0 amide bonds. The zero-order chi connectivity index (χ0) is 24.6. The second-order valence-electron chi connectivity index (χ2n) is 12.2. The fourth-order valence-corrected chi connectivity index (χ4v) is 8.14. The van der Waals surface area contributed by atoms with Crippen LogP contribution in [0.25, 0.3) is 0 Å². The molecule has 34 heavy (non-hydrogen) atoms. The summed E-state index contributed by atoms with van der Waals surface area (Å²) in [5.74, 6) is 1.83. The Bertz CT molecular complexity index is 824. The molecule has 8 heteroatoms. The summed E-state index contributed by atoms with van der Waals surface area (Å²) in [6, 6.07) is 0. The molecule has 0 aliphatic heterocycles. The number of guanidine groups is 1. The van der Waals surface area contributed by atoms with Crippen LogP contribution in [0.5, 0.6) is 0 Å². The number of aliphatic hydroxyl groups is 1. The van der Waals surface area contributed by atoms with E-state index in [0.717, 1.165) is 70.0 Å². The molecular formula is C26H46N6O2. The largest absolute Gasteiger partial charge is 0.396 e. The van der Waals surface area contributed by atoms with E-state index in [1.165, 1.54) is 6.42 Å². The number of hydrogen-bond acceptors (Lipinski definition) is 6. The van der Waals surface area contributed by atoms with E-state index in [1.807, 2.05) is 6.21 Å². The third-order valence-corrected chi connectivity index (χ3v) is 10.2. The fraction of sp³-hybridized carbons (Fsp3) is 0.885. The molecule has 2 unspecified atom stereocenters. The number of nitrogens with two attached hydrogens (primary N) is 2. The highest BCUT2D eigenvalue weighted by atomic mass is 16.6. The maximum absolute atomic E-state index is 12.3. The number of oxime groups is 1. The molecule has 4 rings (SSSR count). The van der Waals surface area contributed by atoms with Crippen molar-refractivity contribution in [2.45, 2.75) is 83.7 Å². The summed E-state index contributed by atoms with van der Waals surface area (Å²) in [6.07, 6.45) is 12.4. The number of hydrogen-bond donors (Lipinski definition) is 3. The predicted molar refractivity (Wildman–Crippen MR) is 138 cm³/mol. The third kappa shape index (κ3) is 4.48. The summed E-state index contributed by atoms with van der Waals surface area (Å²) in [7, 11) is 4.14. The smallest absolute Gasteiger partial charge is 0.211 e. The molecule has 0 radical (unpaired) electrons. The Morgan fingerprint density at radius 2 is 1.91 bits per heavy atom. The fourth-order valence-electron chi connectivity index (χ4n) is 8.14. The van der Waals surface area contributed by atoms with Crippen molar-refractivity contribution in [3.63, 3.8) is 0 Å². The predicted octanol–water partition coefficient (Wildman–Crippen LogP) is 3.34. The Hall–Kier alpha value is -1.67. The van der Waals surface area contributed by atoms with Gasteiger partial charge >= 0.3 is 0 Å². The molecular weight excluding hydrogens is 428 g/mol. The summed E-state index contributed by atoms with van der Waals surface area (Å²) in [4.78, 5) is 7.72. The van der Waals surface area contributed by atoms with Crippen LogP contribution in [-0.4, -0.2) is 60.7 Å². The molecule has 0 aromatic rings. The maximum Gasteiger partial charge on any atom is 0.211 e. The Morgan fingerprint density at radius 3 is 2.65 bits per heavy atom. The van der Waals surface area contributed by atoms with Gasteiger partial charge in [0.2, 0.25) is 5.96 Å². The van der Waals surface area contributed by atoms with Crippen LogP contribution in [0.2, 0.25) is 0 Å². The van der Waals surface area contributed by atoms with Gasteiger partial charge < -0.3 is 26.3 Å². The molecule has 4 aliphatic rings. The molecule has 0 spiro atoms. The molecule has 0 aromatic carbocycles. The van der Waals surface area contributed by atoms with Crippen LogP contribution in [0.3, 0.4) is 0 Å². The van der Waals surface area contributed by atoms with E-state index < -0.39 is 5.60 Å². The average Bonchev–Trinajstić information content (AvgIpc) is 3.05. The highest BCUT2D eigenvalue weighted by molar-refractivity contribution is 5.86. The lowest BCUT2D eigenvalue weighted by Crippen LogP contribution is -2.62. The Balaban J connectivity index is 1.43. The molecule has 4 saturated carbocycles. The van der Waals surface area contributed by atoms with Crippen molar-refractivity contribution in [3.05, 3.63) is 0 Å². The molecule has 192 valence electrons. The van der Waals surface area contributed by atoms with E-state index in [-0.39, 0.29) is 22.7 Å². The van der Waals surface area contributed by atoms with E-state index in [1.54, 1.807) is 0 Å². The normalized spacial score (nSPS) is 42.9. The van der Waals surface area contributed by atoms with Crippen molar-refractivity contribution < 1.29 is 9.94 Å². The topological polar surface area (TPSA) is 122 Å². The van der Waals surface area contributed by atoms with Gasteiger partial charge in [-0.25, -0.2) is 0 Å². The lowest BCUT2D eigenvalue weighted by molar-refractivity contribution is -0.198. The first-order chi connectivity index (χ1) is 16.1. The molecule has 4 fully saturated rings. The Kier molecular flexibility index (Phi) is 7.30. The lowest BCUT2D eigenvalue weighted by Gasteiger charge is -2.63. The first-order valence-electron chi connectivity index (χ1n) is 13.3. The van der Waals surface area contributed by atoms with E-state index >= 15 is 0 Å². The molecule has 0 heterocycles. The quantitative estimate of drug-likeness (QED) is 0.226. The van der Waals surface area contributed by atoms with Gasteiger partial charge in [0.1, 0.15) is 6.61 Å². The maximum atomic E-state index is 12.3. The molecule has 5 N–H and O–H groups in total. The van der Waals surface area contributed by atoms with Crippen molar-refractivity contribution in [2.24, 2.45) is 61.3 Å². The number of rotatable bonds is 7. The molecule has 0 saturated heterocycles. The molecule has 0 aromatic heterocycles. The standard InChI is InChI=1S/C26H46N6O2/c1-24-11-9-20(30-31-23(27)28)16-18(24)6-7-22-21(24)10-12-25(2)19(8-13-26(22,25)33)17-29-34-15-5-14-32(3)4/h17-19,21-22,33H,5-16H2,1-4H3,(H4,27,28,31)/t18?,19?,21-,22-,24+,25-,26-/m1/s1. The van der Waals surface area contributed by atoms with Crippen LogP contribution in [0.15, 0.2) is 15.4 Å². The van der Waals surface area contributed by atoms with Gasteiger partial charge in [-0.05, 0) is 101 Å². The second kappa shape index (κ2) is 9.76. The molecule has 7 atom stereocenters. The summed E-state index contributed by atoms with van der Waals surface area (Å²) < 4.78 is 0. The summed E-state index contributed by atoms with van der Waals surface area (Å²) >= 11 is 0. The minimum Gasteiger partial charge on any atom is -0.396 e. The monoisotopic (exact) mass is 474 g/mol. The SMILES string of the molecule is CN(C)CCCON=CC1CC[C@@]2(O)[C@@H]3CCC4CC(=NN=C(N)N)CC[C@]4(C)[C@@H]3CC[C@]12C. The summed E-state index contributed by atoms with van der Waals surface area (Å²) in [6.45, 7) is 6.43. The molecule has 4 aliphatic carbocycles. The van der Waals surface area contributed by atoms with Crippen molar-refractivity contribution in [2.75, 3.05) is 27.2 Å². The molecule has 8 nitrogen and oxygen atoms in total. The van der Waals surface area contributed by atoms with Crippen LogP contribution >= 0.6 is 0 Å². The van der Waals surface area contributed by atoms with Crippen LogP contribution in [0.1, 0.15) is 78.1 Å². The minimum absolute atomic E-state index is 0.0247. The van der Waals surface area contributed by atoms with Gasteiger partial charge in [0.25, 0.3) is 0 Å². The van der Waals surface area contributed by atoms with Gasteiger partial charge in [0, 0.05) is 29.8 Å². The van der Waals surface area contributed by atoms with Gasteiger partial charge in [-0.1, -0.05) is 19.0 Å². The van der Waals surface area contributed by atoms with Crippen LogP contribution in [-0.2, 0) is 4.84 Å². The van der Waals surface area contributed by atoms with E-state index in [4.69, 9.17) is 16.3 Å². The lowest BCUT2D eigenvalue weighted by atomic mass is 9.43. The summed E-state index contributed by atoms with van der Waals surface area (Å²) in [5.41, 5.74) is 11.6. The zero-order valence-corrected chi connectivity index (χ0v) is 21.7. The number of nitrogens with zero attached hydrogens (tertiary/aromatic N) is 4. The highest BCUT2D eigenvalue weighted by Gasteiger charge is 2.66. The van der Waals surface area contributed by atoms with Crippen LogP contribution in [0, 0.1) is 34.5 Å². The van der Waals surface area contributed by atoms with Gasteiger partial charge in [-0.15, -0.1) is 5.10 Å². The van der Waals surface area contributed by atoms with Crippen LogP contribution in [0.4, 0.5) is 0 Å². The van der Waals surface area contributed by atoms with E-state index in [0.29, 0.717) is 24.4 Å². The van der Waals surface area contributed by atoms with Crippen molar-refractivity contribution >= 4 is 17.9 Å². The number of fused-ring (bicyclic) bond motifs is 5. The first kappa shape index (κ1) is 25.4. The molecule has 0 bridgehead atoms. The Labute approximate surface area is 205 Å². The second-order valence-corrected chi connectivity index (χ2v) is 12.2. The van der Waals surface area contributed by atoms with Crippen molar-refractivity contribution in [1.29, 1.82) is 0 Å². The van der Waals surface area contributed by atoms with E-state index in [9.17, 15) is 5.11 Å². The third-order valence-electron chi connectivity index (χ3n) is 10.2. The van der Waals surface area contributed by atoms with E-state index in [2.05, 4.69) is 48.2 Å². The minimum atomic E-state index is -0.613.